The van der Waals surface area contributed by atoms with Crippen molar-refractivity contribution in [3.05, 3.63) is 41.2 Å². The summed E-state index contributed by atoms with van der Waals surface area (Å²) in [4.78, 5) is 14.5. The summed E-state index contributed by atoms with van der Waals surface area (Å²) in [6, 6.07) is 9.26. The molecule has 0 aliphatic heterocycles. The van der Waals surface area contributed by atoms with E-state index in [2.05, 4.69) is 26.7 Å². The van der Waals surface area contributed by atoms with Gasteiger partial charge in [0.2, 0.25) is 5.91 Å². The summed E-state index contributed by atoms with van der Waals surface area (Å²) in [5, 5.41) is 22.9. The fourth-order valence-corrected chi connectivity index (χ4v) is 2.53. The van der Waals surface area contributed by atoms with E-state index >= 15 is 0 Å². The molecule has 2 rings (SSSR count). The number of H-pyrrole nitrogens is 1. The van der Waals surface area contributed by atoms with Crippen LogP contribution in [0.1, 0.15) is 43.6 Å². The minimum Gasteiger partial charge on any atom is -0.344 e. The molecule has 1 unspecified atom stereocenters. The Kier molecular flexibility index (Phi) is 4.74. The van der Waals surface area contributed by atoms with Crippen molar-refractivity contribution >= 4 is 5.91 Å². The van der Waals surface area contributed by atoms with Crippen molar-refractivity contribution in [2.75, 3.05) is 13.6 Å². The first-order chi connectivity index (χ1) is 10.9. The molecule has 7 nitrogen and oxygen atoms in total. The average Bonchev–Trinajstić information content (AvgIpc) is 3.08. The van der Waals surface area contributed by atoms with Crippen LogP contribution < -0.4 is 0 Å². The molecule has 2 aromatic rings. The van der Waals surface area contributed by atoms with Gasteiger partial charge in [-0.05, 0) is 31.5 Å². The lowest BCUT2D eigenvalue weighted by Crippen LogP contribution is -2.42. The van der Waals surface area contributed by atoms with Crippen molar-refractivity contribution in [3.63, 3.8) is 0 Å². The van der Waals surface area contributed by atoms with E-state index in [0.29, 0.717) is 17.9 Å². The number of nitrogens with zero attached hydrogens (tertiary/aromatic N) is 5. The Balaban J connectivity index is 2.15. The summed E-state index contributed by atoms with van der Waals surface area (Å²) in [5.74, 6) is 0.529. The number of carbonyl (C=O) groups is 1. The maximum absolute atomic E-state index is 12.8. The molecule has 1 aromatic heterocycles. The van der Waals surface area contributed by atoms with Gasteiger partial charge in [0.1, 0.15) is 0 Å². The molecule has 0 aliphatic rings. The lowest BCUT2D eigenvalue weighted by atomic mass is 9.82. The van der Waals surface area contributed by atoms with Crippen LogP contribution in [0.25, 0.3) is 0 Å². The molecule has 1 N–H and O–H groups in total. The van der Waals surface area contributed by atoms with Crippen molar-refractivity contribution in [3.8, 4) is 6.07 Å². The second kappa shape index (κ2) is 6.57. The van der Waals surface area contributed by atoms with Crippen LogP contribution in [0.2, 0.25) is 0 Å². The van der Waals surface area contributed by atoms with Crippen molar-refractivity contribution < 1.29 is 4.79 Å². The summed E-state index contributed by atoms with van der Waals surface area (Å²) < 4.78 is 0. The zero-order chi connectivity index (χ0) is 17.0. The Bertz CT molecular complexity index is 716. The van der Waals surface area contributed by atoms with Gasteiger partial charge in [-0.15, -0.1) is 10.2 Å². The quantitative estimate of drug-likeness (QED) is 0.904. The summed E-state index contributed by atoms with van der Waals surface area (Å²) >= 11 is 0. The Morgan fingerprint density at radius 2 is 2.22 bits per heavy atom. The fraction of sp³-hybridized carbons (Fsp3) is 0.438. The van der Waals surface area contributed by atoms with Gasteiger partial charge in [-0.1, -0.05) is 24.3 Å². The first-order valence-corrected chi connectivity index (χ1v) is 7.35. The smallest absolute Gasteiger partial charge is 0.232 e. The van der Waals surface area contributed by atoms with Gasteiger partial charge < -0.3 is 4.90 Å². The SMILES string of the molecule is CC(CN(C)C(=O)C(C)(C)c1cccc(C#N)c1)c1nn[nH]n1. The van der Waals surface area contributed by atoms with Gasteiger partial charge in [-0.2, -0.15) is 10.5 Å². The van der Waals surface area contributed by atoms with Crippen LogP contribution in [0.3, 0.4) is 0 Å². The van der Waals surface area contributed by atoms with Crippen molar-refractivity contribution in [2.45, 2.75) is 32.1 Å². The minimum absolute atomic E-state index is 0.0241. The molecule has 120 valence electrons. The van der Waals surface area contributed by atoms with Gasteiger partial charge in [0.15, 0.2) is 5.82 Å². The number of nitriles is 1. The van der Waals surface area contributed by atoms with E-state index in [4.69, 9.17) is 5.26 Å². The van der Waals surface area contributed by atoms with Gasteiger partial charge in [0, 0.05) is 19.5 Å². The molecule has 0 fully saturated rings. The number of tetrazole rings is 1. The van der Waals surface area contributed by atoms with Crippen LogP contribution in [-0.2, 0) is 10.2 Å². The second-order valence-electron chi connectivity index (χ2n) is 6.17. The van der Waals surface area contributed by atoms with Crippen LogP contribution in [0.4, 0.5) is 0 Å². The fourth-order valence-electron chi connectivity index (χ4n) is 2.53. The molecule has 0 bridgehead atoms. The van der Waals surface area contributed by atoms with Crippen LogP contribution in [0.5, 0.6) is 0 Å². The summed E-state index contributed by atoms with van der Waals surface area (Å²) in [6.07, 6.45) is 0. The Morgan fingerprint density at radius 1 is 1.48 bits per heavy atom. The zero-order valence-corrected chi connectivity index (χ0v) is 13.7. The van der Waals surface area contributed by atoms with Crippen LogP contribution >= 0.6 is 0 Å². The van der Waals surface area contributed by atoms with Crippen molar-refractivity contribution in [2.24, 2.45) is 0 Å². The number of rotatable bonds is 5. The van der Waals surface area contributed by atoms with Gasteiger partial charge >= 0.3 is 0 Å². The van der Waals surface area contributed by atoms with E-state index in [9.17, 15) is 4.79 Å². The van der Waals surface area contributed by atoms with Gasteiger partial charge in [0.05, 0.1) is 17.0 Å². The molecular formula is C16H20N6O. The van der Waals surface area contributed by atoms with E-state index in [0.717, 1.165) is 5.56 Å². The topological polar surface area (TPSA) is 98.6 Å². The normalized spacial score (nSPS) is 12.5. The molecule has 1 heterocycles. The Hall–Kier alpha value is -2.75. The first kappa shape index (κ1) is 16.6. The van der Waals surface area contributed by atoms with Crippen LogP contribution in [0.15, 0.2) is 24.3 Å². The highest BCUT2D eigenvalue weighted by Gasteiger charge is 2.33. The predicted molar refractivity (Wildman–Crippen MR) is 84.4 cm³/mol. The second-order valence-corrected chi connectivity index (χ2v) is 6.17. The molecule has 0 saturated heterocycles. The molecule has 1 amide bonds. The number of likely N-dealkylation sites (N-methyl/N-ethyl adjacent to an activating group) is 1. The number of aromatic amines is 1. The van der Waals surface area contributed by atoms with E-state index in [1.807, 2.05) is 26.8 Å². The predicted octanol–water partition coefficient (Wildman–Crippen LogP) is 1.61. The van der Waals surface area contributed by atoms with E-state index in [1.165, 1.54) is 0 Å². The highest BCUT2D eigenvalue weighted by molar-refractivity contribution is 5.87. The molecule has 7 heteroatoms. The lowest BCUT2D eigenvalue weighted by Gasteiger charge is -2.31. The maximum Gasteiger partial charge on any atom is 0.232 e. The van der Waals surface area contributed by atoms with Gasteiger partial charge in [-0.3, -0.25) is 4.79 Å². The Morgan fingerprint density at radius 3 is 2.83 bits per heavy atom. The number of amides is 1. The van der Waals surface area contributed by atoms with Gasteiger partial charge in [0.25, 0.3) is 0 Å². The van der Waals surface area contributed by atoms with Crippen molar-refractivity contribution in [1.29, 1.82) is 5.26 Å². The number of benzene rings is 1. The molecule has 23 heavy (non-hydrogen) atoms. The minimum atomic E-state index is -0.724. The average molecular weight is 312 g/mol. The van der Waals surface area contributed by atoms with Crippen LogP contribution in [0, 0.1) is 11.3 Å². The number of carbonyl (C=O) groups excluding carboxylic acids is 1. The largest absolute Gasteiger partial charge is 0.344 e. The molecular weight excluding hydrogens is 292 g/mol. The Labute approximate surface area is 135 Å². The third-order valence-corrected chi connectivity index (χ3v) is 3.94. The summed E-state index contributed by atoms with van der Waals surface area (Å²) in [5.41, 5.74) is 0.644. The number of nitrogens with one attached hydrogen (secondary N) is 1. The molecule has 0 saturated carbocycles. The van der Waals surface area contributed by atoms with E-state index in [1.54, 1.807) is 30.1 Å². The first-order valence-electron chi connectivity index (χ1n) is 7.35. The number of hydrogen-bond donors (Lipinski definition) is 1. The third kappa shape index (κ3) is 3.54. The standard InChI is InChI=1S/C16H20N6O/c1-11(14-18-20-21-19-14)10-22(4)15(23)16(2,3)13-7-5-6-12(8-13)9-17/h5-8,11H,10H2,1-4H3,(H,18,19,20,21). The molecule has 1 atom stereocenters. The third-order valence-electron chi connectivity index (χ3n) is 3.94. The highest BCUT2D eigenvalue weighted by Crippen LogP contribution is 2.27. The summed E-state index contributed by atoms with van der Waals surface area (Å²) in [7, 11) is 1.76. The van der Waals surface area contributed by atoms with Gasteiger partial charge in [-0.25, -0.2) is 0 Å². The van der Waals surface area contributed by atoms with E-state index < -0.39 is 5.41 Å². The number of hydrogen-bond acceptors (Lipinski definition) is 5. The summed E-state index contributed by atoms with van der Waals surface area (Å²) in [6.45, 7) is 6.15. The van der Waals surface area contributed by atoms with Crippen molar-refractivity contribution in [1.82, 2.24) is 25.5 Å². The monoisotopic (exact) mass is 312 g/mol. The number of aromatic nitrogens is 4. The molecule has 0 aliphatic carbocycles. The highest BCUT2D eigenvalue weighted by atomic mass is 16.2. The molecule has 1 aromatic carbocycles. The molecule has 0 radical (unpaired) electrons. The molecule has 0 spiro atoms. The lowest BCUT2D eigenvalue weighted by molar-refractivity contribution is -0.135. The maximum atomic E-state index is 12.8. The zero-order valence-electron chi connectivity index (χ0n) is 13.7. The van der Waals surface area contributed by atoms with Crippen LogP contribution in [-0.4, -0.2) is 45.0 Å². The van der Waals surface area contributed by atoms with E-state index in [-0.39, 0.29) is 11.8 Å².